The van der Waals surface area contributed by atoms with E-state index in [1.807, 2.05) is 0 Å². The summed E-state index contributed by atoms with van der Waals surface area (Å²) in [5.74, 6) is -1.10. The van der Waals surface area contributed by atoms with Crippen molar-refractivity contribution in [2.75, 3.05) is 0 Å². The second kappa shape index (κ2) is 6.17. The van der Waals surface area contributed by atoms with E-state index < -0.39 is 17.9 Å². The highest BCUT2D eigenvalue weighted by atomic mass is 16.4. The van der Waals surface area contributed by atoms with Gasteiger partial charge in [-0.2, -0.15) is 0 Å². The van der Waals surface area contributed by atoms with E-state index in [0.29, 0.717) is 16.7 Å². The van der Waals surface area contributed by atoms with Crippen molar-refractivity contribution < 1.29 is 14.7 Å². The largest absolute Gasteiger partial charge is 0.480 e. The van der Waals surface area contributed by atoms with Crippen LogP contribution in [0.1, 0.15) is 19.2 Å². The van der Waals surface area contributed by atoms with Crippen molar-refractivity contribution >= 4 is 22.8 Å². The number of para-hydroxylation sites is 1. The number of hydrogen-bond acceptors (Lipinski definition) is 4. The first-order valence-corrected chi connectivity index (χ1v) is 6.47. The summed E-state index contributed by atoms with van der Waals surface area (Å²) in [6, 6.07) is 5.98. The van der Waals surface area contributed by atoms with Crippen LogP contribution in [0.25, 0.3) is 10.9 Å². The SMILES string of the molecule is CC(NC(=O)CCc1nc2ccccc2c(=O)[nH]1)C(=O)O. The zero-order valence-electron chi connectivity index (χ0n) is 11.4. The van der Waals surface area contributed by atoms with Gasteiger partial charge in [-0.05, 0) is 19.1 Å². The van der Waals surface area contributed by atoms with E-state index in [1.54, 1.807) is 24.3 Å². The van der Waals surface area contributed by atoms with Crippen LogP contribution in [0.4, 0.5) is 0 Å². The maximum Gasteiger partial charge on any atom is 0.325 e. The van der Waals surface area contributed by atoms with E-state index in [9.17, 15) is 14.4 Å². The molecule has 0 aliphatic rings. The highest BCUT2D eigenvalue weighted by molar-refractivity contribution is 5.83. The van der Waals surface area contributed by atoms with Gasteiger partial charge in [0.2, 0.25) is 5.91 Å². The molecule has 2 aromatic rings. The third kappa shape index (κ3) is 3.65. The number of aryl methyl sites for hydroxylation is 1. The summed E-state index contributed by atoms with van der Waals surface area (Å²) in [6.07, 6.45) is 0.289. The Kier molecular flexibility index (Phi) is 4.32. The van der Waals surface area contributed by atoms with E-state index in [2.05, 4.69) is 15.3 Å². The van der Waals surface area contributed by atoms with Gasteiger partial charge in [0, 0.05) is 12.8 Å². The number of carboxylic acids is 1. The number of fused-ring (bicyclic) bond motifs is 1. The Morgan fingerprint density at radius 3 is 2.81 bits per heavy atom. The zero-order valence-corrected chi connectivity index (χ0v) is 11.4. The summed E-state index contributed by atoms with van der Waals surface area (Å²) < 4.78 is 0. The van der Waals surface area contributed by atoms with Gasteiger partial charge in [0.05, 0.1) is 10.9 Å². The van der Waals surface area contributed by atoms with Crippen LogP contribution in [-0.4, -0.2) is 33.0 Å². The summed E-state index contributed by atoms with van der Waals surface area (Å²) in [5.41, 5.74) is 0.311. The van der Waals surface area contributed by atoms with E-state index in [-0.39, 0.29) is 18.4 Å². The number of amides is 1. The van der Waals surface area contributed by atoms with Crippen molar-refractivity contribution in [1.82, 2.24) is 15.3 Å². The van der Waals surface area contributed by atoms with Crippen LogP contribution in [0, 0.1) is 0 Å². The summed E-state index contributed by atoms with van der Waals surface area (Å²) in [7, 11) is 0. The number of rotatable bonds is 5. The Morgan fingerprint density at radius 1 is 1.38 bits per heavy atom. The van der Waals surface area contributed by atoms with Crippen molar-refractivity contribution in [3.63, 3.8) is 0 Å². The summed E-state index contributed by atoms with van der Waals surface area (Å²) in [5, 5.41) is 11.5. The fraction of sp³-hybridized carbons (Fsp3) is 0.286. The van der Waals surface area contributed by atoms with Crippen LogP contribution in [0.15, 0.2) is 29.1 Å². The lowest BCUT2D eigenvalue weighted by Crippen LogP contribution is -2.38. The molecule has 0 bridgehead atoms. The quantitative estimate of drug-likeness (QED) is 0.739. The molecule has 2 rings (SSSR count). The van der Waals surface area contributed by atoms with Gasteiger partial charge in [0.15, 0.2) is 0 Å². The highest BCUT2D eigenvalue weighted by Crippen LogP contribution is 2.06. The fourth-order valence-electron chi connectivity index (χ4n) is 1.86. The molecule has 1 amide bonds. The number of nitrogens with one attached hydrogen (secondary N) is 2. The molecule has 0 spiro atoms. The number of aromatic nitrogens is 2. The maximum absolute atomic E-state index is 11.8. The third-order valence-electron chi connectivity index (χ3n) is 3.00. The molecule has 0 aliphatic heterocycles. The standard InChI is InChI=1S/C14H15N3O4/c1-8(14(20)21)15-12(18)7-6-11-16-10-5-3-2-4-9(10)13(19)17-11/h2-5,8H,6-7H2,1H3,(H,15,18)(H,20,21)(H,16,17,19). The third-order valence-corrected chi connectivity index (χ3v) is 3.00. The van der Waals surface area contributed by atoms with Gasteiger partial charge in [-0.3, -0.25) is 14.4 Å². The Balaban J connectivity index is 2.05. The van der Waals surface area contributed by atoms with Gasteiger partial charge < -0.3 is 15.4 Å². The first kappa shape index (κ1) is 14.7. The summed E-state index contributed by atoms with van der Waals surface area (Å²) in [6.45, 7) is 1.39. The minimum absolute atomic E-state index is 0.0545. The Bertz CT molecular complexity index is 738. The molecule has 1 aromatic heterocycles. The average molecular weight is 289 g/mol. The minimum Gasteiger partial charge on any atom is -0.480 e. The number of hydrogen-bond donors (Lipinski definition) is 3. The molecule has 0 aliphatic carbocycles. The van der Waals surface area contributed by atoms with Crippen molar-refractivity contribution in [3.05, 3.63) is 40.4 Å². The Labute approximate surface area is 120 Å². The topological polar surface area (TPSA) is 112 Å². The van der Waals surface area contributed by atoms with Gasteiger partial charge >= 0.3 is 5.97 Å². The van der Waals surface area contributed by atoms with E-state index in [4.69, 9.17) is 5.11 Å². The predicted molar refractivity (Wildman–Crippen MR) is 75.9 cm³/mol. The fourth-order valence-corrected chi connectivity index (χ4v) is 1.86. The monoisotopic (exact) mass is 289 g/mol. The van der Waals surface area contributed by atoms with E-state index in [0.717, 1.165) is 0 Å². The zero-order chi connectivity index (χ0) is 15.4. The van der Waals surface area contributed by atoms with Gasteiger partial charge in [-0.25, -0.2) is 4.98 Å². The second-order valence-corrected chi connectivity index (χ2v) is 4.66. The number of carboxylic acid groups (broad SMARTS) is 1. The molecule has 110 valence electrons. The van der Waals surface area contributed by atoms with Crippen molar-refractivity contribution in [3.8, 4) is 0 Å². The predicted octanol–water partition coefficient (Wildman–Crippen LogP) is 0.445. The highest BCUT2D eigenvalue weighted by Gasteiger charge is 2.14. The first-order chi connectivity index (χ1) is 9.97. The number of nitrogens with zero attached hydrogens (tertiary/aromatic N) is 1. The van der Waals surface area contributed by atoms with Crippen LogP contribution in [0.2, 0.25) is 0 Å². The van der Waals surface area contributed by atoms with Crippen LogP contribution in [0.3, 0.4) is 0 Å². The Morgan fingerprint density at radius 2 is 2.10 bits per heavy atom. The van der Waals surface area contributed by atoms with Crippen molar-refractivity contribution in [2.45, 2.75) is 25.8 Å². The number of H-pyrrole nitrogens is 1. The van der Waals surface area contributed by atoms with Gasteiger partial charge in [0.1, 0.15) is 11.9 Å². The molecule has 7 nitrogen and oxygen atoms in total. The maximum atomic E-state index is 11.8. The lowest BCUT2D eigenvalue weighted by Gasteiger charge is -2.08. The number of aromatic amines is 1. The average Bonchev–Trinajstić information content (AvgIpc) is 2.45. The molecule has 0 fully saturated rings. The molecule has 3 N–H and O–H groups in total. The molecule has 0 saturated carbocycles. The summed E-state index contributed by atoms with van der Waals surface area (Å²) in [4.78, 5) is 40.9. The molecule has 1 atom stereocenters. The smallest absolute Gasteiger partial charge is 0.325 e. The lowest BCUT2D eigenvalue weighted by molar-refractivity contribution is -0.141. The number of benzene rings is 1. The van der Waals surface area contributed by atoms with E-state index in [1.165, 1.54) is 6.92 Å². The Hall–Kier alpha value is -2.70. The van der Waals surface area contributed by atoms with Crippen LogP contribution in [0.5, 0.6) is 0 Å². The number of carbonyl (C=O) groups is 2. The molecule has 1 aromatic carbocycles. The first-order valence-electron chi connectivity index (χ1n) is 6.47. The molecule has 7 heteroatoms. The minimum atomic E-state index is -1.10. The van der Waals surface area contributed by atoms with Gasteiger partial charge in [-0.15, -0.1) is 0 Å². The van der Waals surface area contributed by atoms with Crippen molar-refractivity contribution in [2.24, 2.45) is 0 Å². The van der Waals surface area contributed by atoms with Crippen molar-refractivity contribution in [1.29, 1.82) is 0 Å². The van der Waals surface area contributed by atoms with Crippen LogP contribution >= 0.6 is 0 Å². The molecular weight excluding hydrogens is 274 g/mol. The molecular formula is C14H15N3O4. The molecule has 0 radical (unpaired) electrons. The summed E-state index contributed by atoms with van der Waals surface area (Å²) >= 11 is 0. The molecule has 1 heterocycles. The van der Waals surface area contributed by atoms with E-state index >= 15 is 0 Å². The second-order valence-electron chi connectivity index (χ2n) is 4.66. The van der Waals surface area contributed by atoms with Gasteiger partial charge in [-0.1, -0.05) is 12.1 Å². The lowest BCUT2D eigenvalue weighted by atomic mass is 10.2. The number of aliphatic carboxylic acids is 1. The van der Waals surface area contributed by atoms with Crippen LogP contribution in [-0.2, 0) is 16.0 Å². The van der Waals surface area contributed by atoms with Crippen LogP contribution < -0.4 is 10.9 Å². The number of carbonyl (C=O) groups excluding carboxylic acids is 1. The molecule has 1 unspecified atom stereocenters. The molecule has 21 heavy (non-hydrogen) atoms. The van der Waals surface area contributed by atoms with Gasteiger partial charge in [0.25, 0.3) is 5.56 Å². The normalized spacial score (nSPS) is 12.0. The molecule has 0 saturated heterocycles.